The molecule has 26 heavy (non-hydrogen) atoms. The summed E-state index contributed by atoms with van der Waals surface area (Å²) < 4.78 is 0. The maximum atomic E-state index is 12.5. The lowest BCUT2D eigenvalue weighted by Crippen LogP contribution is -2.37. The Morgan fingerprint density at radius 3 is 2.92 bits per heavy atom. The summed E-state index contributed by atoms with van der Waals surface area (Å²) in [4.78, 5) is 12.5. The largest absolute Gasteiger partial charge is 0.508 e. The molecule has 4 rings (SSSR count). The van der Waals surface area contributed by atoms with Crippen LogP contribution >= 0.6 is 11.6 Å². The number of phenols is 1. The summed E-state index contributed by atoms with van der Waals surface area (Å²) in [5.74, 6) is 0.591. The molecular weight excluding hydrogens is 352 g/mol. The summed E-state index contributed by atoms with van der Waals surface area (Å²) >= 11 is 6.25. The number of phenolic OH excluding ortho intramolecular Hbond substituents is 1. The summed E-state index contributed by atoms with van der Waals surface area (Å²) in [6, 6.07) is 10.6. The molecule has 4 N–H and O–H groups in total. The van der Waals surface area contributed by atoms with Gasteiger partial charge in [-0.25, -0.2) is 0 Å². The number of aromatic amines is 1. The Bertz CT molecular complexity index is 963. The Morgan fingerprint density at radius 2 is 2.15 bits per heavy atom. The number of carbonyl (C=O) groups excluding carboxylic acids is 1. The number of anilines is 1. The molecule has 7 heteroatoms. The molecule has 0 spiro atoms. The number of nitrogens with zero attached hydrogens (tertiary/aromatic N) is 1. The van der Waals surface area contributed by atoms with Crippen LogP contribution in [0, 0.1) is 5.92 Å². The van der Waals surface area contributed by atoms with Crippen LogP contribution in [0.4, 0.5) is 5.82 Å². The van der Waals surface area contributed by atoms with Crippen LogP contribution in [0.2, 0.25) is 5.02 Å². The van der Waals surface area contributed by atoms with E-state index in [2.05, 4.69) is 20.8 Å². The molecule has 1 atom stereocenters. The second-order valence-corrected chi connectivity index (χ2v) is 6.94. The summed E-state index contributed by atoms with van der Waals surface area (Å²) in [6.07, 6.45) is 1.89. The van der Waals surface area contributed by atoms with Gasteiger partial charge in [-0.15, -0.1) is 0 Å². The number of hydrogen-bond acceptors (Lipinski definition) is 4. The van der Waals surface area contributed by atoms with Crippen LogP contribution in [0.1, 0.15) is 12.8 Å². The van der Waals surface area contributed by atoms with E-state index in [0.717, 1.165) is 41.4 Å². The molecule has 3 aromatic rings. The Labute approximate surface area is 155 Å². The number of amides is 1. The predicted molar refractivity (Wildman–Crippen MR) is 102 cm³/mol. The third-order valence-electron chi connectivity index (χ3n) is 4.74. The summed E-state index contributed by atoms with van der Waals surface area (Å²) in [5.41, 5.74) is 2.53. The summed E-state index contributed by atoms with van der Waals surface area (Å²) in [7, 11) is 0. The summed E-state index contributed by atoms with van der Waals surface area (Å²) in [5, 5.41) is 24.2. The van der Waals surface area contributed by atoms with Gasteiger partial charge in [-0.05, 0) is 55.3 Å². The van der Waals surface area contributed by atoms with Crippen LogP contribution in [-0.2, 0) is 4.79 Å². The topological polar surface area (TPSA) is 90.0 Å². The van der Waals surface area contributed by atoms with Crippen LogP contribution in [0.3, 0.4) is 0 Å². The number of piperidine rings is 1. The second kappa shape index (κ2) is 6.97. The van der Waals surface area contributed by atoms with Crippen molar-refractivity contribution in [1.29, 1.82) is 0 Å². The second-order valence-electron chi connectivity index (χ2n) is 6.53. The lowest BCUT2D eigenvalue weighted by molar-refractivity contribution is -0.120. The zero-order valence-electron chi connectivity index (χ0n) is 14.1. The van der Waals surface area contributed by atoms with Crippen LogP contribution in [-0.4, -0.2) is 34.3 Å². The van der Waals surface area contributed by atoms with E-state index in [-0.39, 0.29) is 17.6 Å². The van der Waals surface area contributed by atoms with Gasteiger partial charge in [0.15, 0.2) is 5.82 Å². The van der Waals surface area contributed by atoms with Crippen molar-refractivity contribution in [3.8, 4) is 16.9 Å². The highest BCUT2D eigenvalue weighted by Gasteiger charge is 2.22. The first-order chi connectivity index (χ1) is 12.6. The number of halogens is 1. The first-order valence-corrected chi connectivity index (χ1v) is 8.98. The van der Waals surface area contributed by atoms with E-state index in [1.807, 2.05) is 18.2 Å². The fourth-order valence-electron chi connectivity index (χ4n) is 3.31. The van der Waals surface area contributed by atoms with Gasteiger partial charge >= 0.3 is 0 Å². The maximum absolute atomic E-state index is 12.5. The van der Waals surface area contributed by atoms with Crippen LogP contribution in [0.5, 0.6) is 5.75 Å². The summed E-state index contributed by atoms with van der Waals surface area (Å²) in [6.45, 7) is 1.66. The zero-order valence-corrected chi connectivity index (χ0v) is 14.8. The van der Waals surface area contributed by atoms with Gasteiger partial charge in [-0.2, -0.15) is 5.10 Å². The lowest BCUT2D eigenvalue weighted by Gasteiger charge is -2.21. The molecule has 1 aliphatic heterocycles. The molecular formula is C19H19ClN4O2. The molecule has 2 aromatic carbocycles. The molecule has 0 radical (unpaired) electrons. The number of aromatic hydroxyl groups is 1. The van der Waals surface area contributed by atoms with E-state index in [0.29, 0.717) is 17.4 Å². The number of nitrogens with one attached hydrogen (secondary N) is 3. The number of aromatic nitrogens is 2. The van der Waals surface area contributed by atoms with Crippen molar-refractivity contribution in [3.63, 3.8) is 0 Å². The van der Waals surface area contributed by atoms with Crippen molar-refractivity contribution in [2.45, 2.75) is 12.8 Å². The van der Waals surface area contributed by atoms with E-state index in [1.54, 1.807) is 12.1 Å². The Morgan fingerprint density at radius 1 is 1.27 bits per heavy atom. The molecule has 0 bridgehead atoms. The minimum atomic E-state index is -0.0368. The smallest absolute Gasteiger partial charge is 0.229 e. The first kappa shape index (κ1) is 16.9. The minimum absolute atomic E-state index is 0.0151. The Hall–Kier alpha value is -2.57. The first-order valence-electron chi connectivity index (χ1n) is 8.60. The molecule has 0 aliphatic carbocycles. The third-order valence-corrected chi connectivity index (χ3v) is 5.05. The predicted octanol–water partition coefficient (Wildman–Crippen LogP) is 3.53. The number of hydrogen-bond donors (Lipinski definition) is 4. The molecule has 1 aliphatic rings. The van der Waals surface area contributed by atoms with Gasteiger partial charge in [0.05, 0.1) is 16.5 Å². The van der Waals surface area contributed by atoms with Crippen LogP contribution in [0.15, 0.2) is 36.4 Å². The van der Waals surface area contributed by atoms with Crippen molar-refractivity contribution in [2.75, 3.05) is 18.4 Å². The fourth-order valence-corrected chi connectivity index (χ4v) is 3.59. The van der Waals surface area contributed by atoms with Gasteiger partial charge in [0.2, 0.25) is 5.91 Å². The van der Waals surface area contributed by atoms with E-state index < -0.39 is 0 Å². The number of rotatable bonds is 3. The molecule has 1 fully saturated rings. The molecule has 6 nitrogen and oxygen atoms in total. The number of benzene rings is 2. The molecule has 1 amide bonds. The van der Waals surface area contributed by atoms with Gasteiger partial charge in [-0.1, -0.05) is 17.7 Å². The molecule has 2 heterocycles. The van der Waals surface area contributed by atoms with Crippen molar-refractivity contribution < 1.29 is 9.90 Å². The normalized spacial score (nSPS) is 17.3. The van der Waals surface area contributed by atoms with E-state index >= 15 is 0 Å². The fraction of sp³-hybridized carbons (Fsp3) is 0.263. The van der Waals surface area contributed by atoms with Gasteiger partial charge in [0.25, 0.3) is 0 Å². The van der Waals surface area contributed by atoms with Crippen molar-refractivity contribution in [2.24, 2.45) is 5.92 Å². The quantitative estimate of drug-likeness (QED) is 0.567. The Kier molecular flexibility index (Phi) is 4.53. The molecule has 0 saturated carbocycles. The molecule has 1 saturated heterocycles. The van der Waals surface area contributed by atoms with Crippen LogP contribution < -0.4 is 10.6 Å². The standard InChI is InChI=1S/C19H19ClN4O2/c20-16-9-13(25)4-5-14(16)11-3-6-17-15(8-11)18(24-23-17)22-19(26)12-2-1-7-21-10-12/h3-6,8-9,12,21,25H,1-2,7,10H2,(H2,22,23,24,26)/t12-/m0/s1. The highest BCUT2D eigenvalue weighted by atomic mass is 35.5. The van der Waals surface area contributed by atoms with Crippen molar-refractivity contribution >= 4 is 34.2 Å². The molecule has 0 unspecified atom stereocenters. The van der Waals surface area contributed by atoms with Crippen molar-refractivity contribution in [3.05, 3.63) is 41.4 Å². The third kappa shape index (κ3) is 3.25. The average molecular weight is 371 g/mol. The SMILES string of the molecule is O=C(Nc1n[nH]c2ccc(-c3ccc(O)cc3Cl)cc12)[C@H]1CCCNC1. The van der Waals surface area contributed by atoms with Crippen LogP contribution in [0.25, 0.3) is 22.0 Å². The van der Waals surface area contributed by atoms with E-state index in [9.17, 15) is 9.90 Å². The van der Waals surface area contributed by atoms with Gasteiger partial charge < -0.3 is 15.7 Å². The monoisotopic (exact) mass is 370 g/mol. The van der Waals surface area contributed by atoms with Crippen molar-refractivity contribution in [1.82, 2.24) is 15.5 Å². The maximum Gasteiger partial charge on any atom is 0.229 e. The minimum Gasteiger partial charge on any atom is -0.508 e. The molecule has 134 valence electrons. The van der Waals surface area contributed by atoms with Gasteiger partial charge in [-0.3, -0.25) is 9.89 Å². The number of H-pyrrole nitrogens is 1. The zero-order chi connectivity index (χ0) is 18.1. The lowest BCUT2D eigenvalue weighted by atomic mass is 9.99. The molecule has 1 aromatic heterocycles. The Balaban J connectivity index is 1.65. The van der Waals surface area contributed by atoms with Gasteiger partial charge in [0, 0.05) is 17.5 Å². The highest BCUT2D eigenvalue weighted by molar-refractivity contribution is 6.33. The average Bonchev–Trinajstić information content (AvgIpc) is 3.04. The number of fused-ring (bicyclic) bond motifs is 1. The van der Waals surface area contributed by atoms with E-state index in [1.165, 1.54) is 6.07 Å². The van der Waals surface area contributed by atoms with Gasteiger partial charge in [0.1, 0.15) is 5.75 Å². The highest BCUT2D eigenvalue weighted by Crippen LogP contribution is 2.33. The van der Waals surface area contributed by atoms with E-state index in [4.69, 9.17) is 11.6 Å². The number of carbonyl (C=O) groups is 1.